The summed E-state index contributed by atoms with van der Waals surface area (Å²) in [5.41, 5.74) is 15.3. The monoisotopic (exact) mass is 935 g/mol. The molecule has 10 heteroatoms. The molecule has 2 aliphatic heterocycles. The summed E-state index contributed by atoms with van der Waals surface area (Å²) in [5, 5.41) is 0. The molecule has 6 aromatic carbocycles. The largest absolute Gasteiger partial charge is 0.494 e. The molecule has 6 aromatic rings. The highest BCUT2D eigenvalue weighted by Gasteiger charge is 2.52. The maximum Gasteiger partial charge on any atom is 0.494 e. The van der Waals surface area contributed by atoms with Crippen molar-refractivity contribution in [3.05, 3.63) is 179 Å². The Kier molecular flexibility index (Phi) is 13.9. The maximum atomic E-state index is 6.62. The van der Waals surface area contributed by atoms with Crippen LogP contribution in [0.2, 0.25) is 0 Å². The van der Waals surface area contributed by atoms with Gasteiger partial charge < -0.3 is 38.2 Å². The number of hydrogen-bond acceptors (Lipinski definition) is 8. The van der Waals surface area contributed by atoms with Crippen LogP contribution in [0, 0.1) is 0 Å². The molecule has 0 unspecified atom stereocenters. The van der Waals surface area contributed by atoms with Crippen molar-refractivity contribution in [2.45, 2.75) is 77.8 Å². The minimum absolute atomic E-state index is 0.479. The second-order valence-corrected chi connectivity index (χ2v) is 21.7. The normalized spacial score (nSPS) is 16.5. The van der Waals surface area contributed by atoms with Crippen LogP contribution in [0.4, 0.5) is 22.7 Å². The van der Waals surface area contributed by atoms with Crippen molar-refractivity contribution < 1.29 is 18.6 Å². The van der Waals surface area contributed by atoms with Gasteiger partial charge in [-0.15, -0.1) is 0 Å². The van der Waals surface area contributed by atoms with Gasteiger partial charge in [-0.2, -0.15) is 0 Å². The Balaban J connectivity index is 1.51. The third-order valence-electron chi connectivity index (χ3n) is 14.9. The Bertz CT molecular complexity index is 2510. The van der Waals surface area contributed by atoms with Crippen LogP contribution in [-0.4, -0.2) is 93.0 Å². The first-order valence-electron chi connectivity index (χ1n) is 24.5. The van der Waals surface area contributed by atoms with Crippen molar-refractivity contribution >= 4 is 70.2 Å². The fourth-order valence-corrected chi connectivity index (χ4v) is 9.02. The molecule has 0 amide bonds. The topological polar surface area (TPSA) is 49.9 Å². The third kappa shape index (κ3) is 9.97. The minimum Gasteiger partial charge on any atom is -0.399 e. The standard InChI is InChI=1S/C60H72B2N4O4/c1-57(2)58(3,4)68-61(67-57)47-29-17-45(18-30-47)55(53(41-21-33-49(34-22-41)63(9)10)42-23-35-50(36-24-42)64(11)12)56(46-19-31-48(32-20-46)62-69-59(5,6)60(7,8)70-62)54(43-25-37-51(38-26-43)65(13)14)44-27-39-52(40-28-44)66(15)16/h17-40H,1-16H3. The lowest BCUT2D eigenvalue weighted by atomic mass is 9.74. The summed E-state index contributed by atoms with van der Waals surface area (Å²) in [6.07, 6.45) is 0. The first-order valence-corrected chi connectivity index (χ1v) is 24.5. The Labute approximate surface area is 419 Å². The van der Waals surface area contributed by atoms with E-state index in [1.807, 2.05) is 0 Å². The van der Waals surface area contributed by atoms with E-state index in [2.05, 4.69) is 277 Å². The highest BCUT2D eigenvalue weighted by atomic mass is 16.7. The van der Waals surface area contributed by atoms with Crippen molar-refractivity contribution in [3.8, 4) is 0 Å². The Hall–Kier alpha value is -6.03. The zero-order chi connectivity index (χ0) is 50.5. The summed E-state index contributed by atoms with van der Waals surface area (Å²) in [6.45, 7) is 16.8. The second kappa shape index (κ2) is 19.3. The lowest BCUT2D eigenvalue weighted by molar-refractivity contribution is 0.00578. The first kappa shape index (κ1) is 50.4. The van der Waals surface area contributed by atoms with E-state index in [1.165, 1.54) is 0 Å². The molecule has 0 aromatic heterocycles. The first-order chi connectivity index (χ1) is 33.0. The number of rotatable bonds is 13. The van der Waals surface area contributed by atoms with Crippen molar-refractivity contribution in [2.24, 2.45) is 0 Å². The van der Waals surface area contributed by atoms with E-state index >= 15 is 0 Å². The van der Waals surface area contributed by atoms with E-state index in [4.69, 9.17) is 18.6 Å². The number of nitrogens with zero attached hydrogens (tertiary/aromatic N) is 4. The molecule has 362 valence electrons. The average molecular weight is 935 g/mol. The van der Waals surface area contributed by atoms with E-state index < -0.39 is 36.6 Å². The molecule has 2 fully saturated rings. The number of hydrogen-bond donors (Lipinski definition) is 0. The number of benzene rings is 6. The van der Waals surface area contributed by atoms with Gasteiger partial charge in [0.2, 0.25) is 0 Å². The number of allylic oxidation sites excluding steroid dienone is 2. The lowest BCUT2D eigenvalue weighted by Crippen LogP contribution is -2.41. The van der Waals surface area contributed by atoms with Crippen LogP contribution in [0.1, 0.15) is 88.8 Å². The Morgan fingerprint density at radius 3 is 0.657 bits per heavy atom. The second-order valence-electron chi connectivity index (χ2n) is 21.7. The minimum atomic E-state index is -0.512. The van der Waals surface area contributed by atoms with Gasteiger partial charge in [-0.05, 0) is 171 Å². The van der Waals surface area contributed by atoms with Gasteiger partial charge in [0.1, 0.15) is 0 Å². The van der Waals surface area contributed by atoms with Gasteiger partial charge in [-0.25, -0.2) is 0 Å². The van der Waals surface area contributed by atoms with Gasteiger partial charge in [-0.1, -0.05) is 97.1 Å². The van der Waals surface area contributed by atoms with E-state index in [0.717, 1.165) is 89.3 Å². The molecule has 70 heavy (non-hydrogen) atoms. The molecule has 0 N–H and O–H groups in total. The average Bonchev–Trinajstić information content (AvgIpc) is 3.69. The lowest BCUT2D eigenvalue weighted by Gasteiger charge is -2.32. The Morgan fingerprint density at radius 2 is 0.471 bits per heavy atom. The van der Waals surface area contributed by atoms with Crippen molar-refractivity contribution in [3.63, 3.8) is 0 Å². The van der Waals surface area contributed by atoms with Crippen molar-refractivity contribution in [1.82, 2.24) is 0 Å². The molecule has 8 rings (SSSR count). The molecule has 2 heterocycles. The summed E-state index contributed by atoms with van der Waals surface area (Å²) in [4.78, 5) is 8.59. The van der Waals surface area contributed by atoms with Gasteiger partial charge in [0.25, 0.3) is 0 Å². The van der Waals surface area contributed by atoms with Gasteiger partial charge in [-0.3, -0.25) is 0 Å². The quantitative estimate of drug-likeness (QED) is 0.0645. The molecule has 0 radical (unpaired) electrons. The van der Waals surface area contributed by atoms with Gasteiger partial charge in [0.05, 0.1) is 22.4 Å². The molecule has 0 saturated carbocycles. The fourth-order valence-electron chi connectivity index (χ4n) is 9.02. The summed E-state index contributed by atoms with van der Waals surface area (Å²) >= 11 is 0. The van der Waals surface area contributed by atoms with E-state index in [1.54, 1.807) is 0 Å². The van der Waals surface area contributed by atoms with Crippen LogP contribution in [0.25, 0.3) is 22.3 Å². The summed E-state index contributed by atoms with van der Waals surface area (Å²) < 4.78 is 26.5. The van der Waals surface area contributed by atoms with Crippen LogP contribution in [0.3, 0.4) is 0 Å². The van der Waals surface area contributed by atoms with Crippen LogP contribution >= 0.6 is 0 Å². The van der Waals surface area contributed by atoms with E-state index in [9.17, 15) is 0 Å². The highest BCUT2D eigenvalue weighted by Crippen LogP contribution is 2.47. The Morgan fingerprint density at radius 1 is 0.286 bits per heavy atom. The molecule has 0 atom stereocenters. The SMILES string of the molecule is CN(C)c1ccc(C(=C(C(=C(c2ccc(N(C)C)cc2)c2ccc(N(C)C)cc2)c2ccc(B3OC(C)(C)C(C)(C)O3)cc2)c2ccc(B3OC(C)(C)C(C)(C)O3)cc2)c2ccc(N(C)C)cc2)cc1. The summed E-state index contributed by atoms with van der Waals surface area (Å²) in [5.74, 6) is 0. The molecule has 8 nitrogen and oxygen atoms in total. The predicted octanol–water partition coefficient (Wildman–Crippen LogP) is 11.2. The van der Waals surface area contributed by atoms with Crippen LogP contribution in [0.5, 0.6) is 0 Å². The molecule has 0 bridgehead atoms. The van der Waals surface area contributed by atoms with Gasteiger partial charge in [0, 0.05) is 79.1 Å². The predicted molar refractivity (Wildman–Crippen MR) is 299 cm³/mol. The van der Waals surface area contributed by atoms with Gasteiger partial charge in [0.15, 0.2) is 0 Å². The summed E-state index contributed by atoms with van der Waals surface area (Å²) in [7, 11) is 15.7. The van der Waals surface area contributed by atoms with E-state index in [0.29, 0.717) is 0 Å². The smallest absolute Gasteiger partial charge is 0.399 e. The fraction of sp³-hybridized carbons (Fsp3) is 0.333. The molecule has 2 saturated heterocycles. The summed E-state index contributed by atoms with van der Waals surface area (Å²) in [6, 6.07) is 53.5. The van der Waals surface area contributed by atoms with E-state index in [-0.39, 0.29) is 0 Å². The molecule has 0 aliphatic carbocycles. The molecule has 2 aliphatic rings. The van der Waals surface area contributed by atoms with Crippen LogP contribution < -0.4 is 30.5 Å². The zero-order valence-corrected chi connectivity index (χ0v) is 44.4. The van der Waals surface area contributed by atoms with Crippen LogP contribution in [-0.2, 0) is 18.6 Å². The molecule has 0 spiro atoms. The highest BCUT2D eigenvalue weighted by molar-refractivity contribution is 6.62. The van der Waals surface area contributed by atoms with Crippen molar-refractivity contribution in [1.29, 1.82) is 0 Å². The molecular weight excluding hydrogens is 862 g/mol. The zero-order valence-electron chi connectivity index (χ0n) is 44.4. The van der Waals surface area contributed by atoms with Crippen molar-refractivity contribution in [2.75, 3.05) is 76.0 Å². The van der Waals surface area contributed by atoms with Gasteiger partial charge >= 0.3 is 14.2 Å². The number of anilines is 4. The van der Waals surface area contributed by atoms with Crippen LogP contribution in [0.15, 0.2) is 146 Å². The third-order valence-corrected chi connectivity index (χ3v) is 14.9. The maximum absolute atomic E-state index is 6.62. The molecular formula is C60H72B2N4O4.